The molecule has 0 bridgehead atoms. The average Bonchev–Trinajstić information content (AvgIpc) is 3.42. The number of aromatic nitrogens is 4. The van der Waals surface area contributed by atoms with Crippen LogP contribution in [-0.4, -0.2) is 37.3 Å². The van der Waals surface area contributed by atoms with Crippen molar-refractivity contribution in [3.05, 3.63) is 59.5 Å². The first-order chi connectivity index (χ1) is 14.1. The molecule has 1 unspecified atom stereocenters. The first-order valence-electron chi connectivity index (χ1n) is 10.0. The zero-order valence-corrected chi connectivity index (χ0v) is 16.7. The van der Waals surface area contributed by atoms with Crippen molar-refractivity contribution >= 4 is 5.91 Å². The second-order valence-corrected chi connectivity index (χ2v) is 7.21. The lowest BCUT2D eigenvalue weighted by Gasteiger charge is -2.33. The summed E-state index contributed by atoms with van der Waals surface area (Å²) in [6.45, 7) is 5.60. The number of carbonyl (C=O) groups excluding carboxylic acids is 1. The zero-order chi connectivity index (χ0) is 20.2. The van der Waals surface area contributed by atoms with Crippen LogP contribution in [0.1, 0.15) is 60.0 Å². The minimum absolute atomic E-state index is 0.0934. The van der Waals surface area contributed by atoms with Crippen LogP contribution >= 0.6 is 0 Å². The molecule has 0 saturated carbocycles. The number of benzene rings is 1. The first kappa shape index (κ1) is 19.2. The van der Waals surface area contributed by atoms with Crippen molar-refractivity contribution < 1.29 is 14.1 Å². The monoisotopic (exact) mass is 395 g/mol. The van der Waals surface area contributed by atoms with E-state index in [9.17, 15) is 4.79 Å². The average molecular weight is 395 g/mol. The molecule has 1 aliphatic rings. The summed E-state index contributed by atoms with van der Waals surface area (Å²) in [6, 6.07) is 9.33. The minimum Gasteiger partial charge on any atom is -0.484 e. The van der Waals surface area contributed by atoms with E-state index in [1.807, 2.05) is 44.3 Å². The topological polar surface area (TPSA) is 86.3 Å². The lowest BCUT2D eigenvalue weighted by molar-refractivity contribution is 0.0589. The molecule has 1 amide bonds. The van der Waals surface area contributed by atoms with Crippen molar-refractivity contribution in [3.8, 4) is 5.75 Å². The number of ether oxygens (including phenoxy) is 1. The van der Waals surface area contributed by atoms with E-state index < -0.39 is 0 Å². The Morgan fingerprint density at radius 2 is 2.07 bits per heavy atom. The van der Waals surface area contributed by atoms with Crippen molar-refractivity contribution in [2.24, 2.45) is 0 Å². The molecule has 0 N–H and O–H groups in total. The molecule has 0 spiro atoms. The summed E-state index contributed by atoms with van der Waals surface area (Å²) in [4.78, 5) is 19.3. The van der Waals surface area contributed by atoms with E-state index >= 15 is 0 Å². The lowest BCUT2D eigenvalue weighted by Crippen LogP contribution is -2.39. The molecule has 29 heavy (non-hydrogen) atoms. The molecule has 1 saturated heterocycles. The van der Waals surface area contributed by atoms with Gasteiger partial charge >= 0.3 is 0 Å². The van der Waals surface area contributed by atoms with Gasteiger partial charge in [0.05, 0.1) is 6.04 Å². The maximum absolute atomic E-state index is 13.0. The molecule has 3 aromatic rings. The van der Waals surface area contributed by atoms with Crippen molar-refractivity contribution in [1.29, 1.82) is 0 Å². The molecule has 1 fully saturated rings. The van der Waals surface area contributed by atoms with Gasteiger partial charge in [-0.05, 0) is 51.3 Å². The van der Waals surface area contributed by atoms with E-state index in [1.165, 1.54) is 5.56 Å². The predicted molar refractivity (Wildman–Crippen MR) is 105 cm³/mol. The van der Waals surface area contributed by atoms with Gasteiger partial charge in [-0.3, -0.25) is 9.48 Å². The number of hydrogen-bond donors (Lipinski definition) is 0. The number of rotatable bonds is 6. The highest BCUT2D eigenvalue weighted by atomic mass is 16.5. The third-order valence-electron chi connectivity index (χ3n) is 5.11. The Morgan fingerprint density at radius 3 is 2.83 bits per heavy atom. The third kappa shape index (κ3) is 4.31. The summed E-state index contributed by atoms with van der Waals surface area (Å²) in [6.07, 6.45) is 4.60. The van der Waals surface area contributed by atoms with Gasteiger partial charge in [0.15, 0.2) is 12.4 Å². The first-order valence-corrected chi connectivity index (χ1v) is 10.0. The summed E-state index contributed by atoms with van der Waals surface area (Å²) in [5.41, 5.74) is 1.62. The molecule has 8 heteroatoms. The Morgan fingerprint density at radius 1 is 1.24 bits per heavy atom. The molecule has 1 aliphatic heterocycles. The molecule has 0 radical (unpaired) electrons. The summed E-state index contributed by atoms with van der Waals surface area (Å²) < 4.78 is 12.8. The van der Waals surface area contributed by atoms with E-state index in [2.05, 4.69) is 15.2 Å². The van der Waals surface area contributed by atoms with Gasteiger partial charge in [0.2, 0.25) is 0 Å². The van der Waals surface area contributed by atoms with E-state index in [4.69, 9.17) is 9.26 Å². The second kappa shape index (κ2) is 8.46. The number of likely N-dealkylation sites (tertiary alicyclic amines) is 1. The quantitative estimate of drug-likeness (QED) is 0.634. The summed E-state index contributed by atoms with van der Waals surface area (Å²) in [5.74, 6) is 1.57. The molecular formula is C21H25N5O3. The Hall–Kier alpha value is -3.16. The molecule has 2 aromatic heterocycles. The van der Waals surface area contributed by atoms with Crippen LogP contribution in [0.15, 0.2) is 41.1 Å². The largest absolute Gasteiger partial charge is 0.484 e. The standard InChI is InChI=1S/C21H25N5O3/c1-3-25-13-11-17(23-25)21(27)26-12-5-4-6-18(26)20-22-19(29-24-20)14-28-16-9-7-15(2)8-10-16/h7-11,13,18H,3-6,12,14H2,1-2H3. The van der Waals surface area contributed by atoms with E-state index in [0.29, 0.717) is 24.0 Å². The molecule has 1 atom stereocenters. The summed E-state index contributed by atoms with van der Waals surface area (Å²) in [7, 11) is 0. The van der Waals surface area contributed by atoms with Gasteiger partial charge in [0.25, 0.3) is 11.8 Å². The van der Waals surface area contributed by atoms with Crippen molar-refractivity contribution in [2.75, 3.05) is 6.54 Å². The molecule has 152 valence electrons. The highest BCUT2D eigenvalue weighted by molar-refractivity contribution is 5.92. The molecule has 3 heterocycles. The van der Waals surface area contributed by atoms with Gasteiger partial charge in [-0.1, -0.05) is 22.9 Å². The maximum atomic E-state index is 13.0. The maximum Gasteiger partial charge on any atom is 0.274 e. The SMILES string of the molecule is CCn1ccc(C(=O)N2CCCCC2c2noc(COc3ccc(C)cc3)n2)n1. The van der Waals surface area contributed by atoms with Crippen LogP contribution in [0, 0.1) is 6.92 Å². The van der Waals surface area contributed by atoms with Crippen molar-refractivity contribution in [3.63, 3.8) is 0 Å². The molecule has 4 rings (SSSR count). The van der Waals surface area contributed by atoms with Gasteiger partial charge in [-0.2, -0.15) is 10.1 Å². The Kier molecular flexibility index (Phi) is 5.59. The highest BCUT2D eigenvalue weighted by Gasteiger charge is 2.33. The number of amides is 1. The highest BCUT2D eigenvalue weighted by Crippen LogP contribution is 2.30. The van der Waals surface area contributed by atoms with Crippen LogP contribution in [0.5, 0.6) is 5.75 Å². The molecule has 1 aromatic carbocycles. The van der Waals surface area contributed by atoms with Crippen LogP contribution in [-0.2, 0) is 13.2 Å². The Labute approximate surface area is 169 Å². The van der Waals surface area contributed by atoms with Gasteiger partial charge in [0, 0.05) is 19.3 Å². The lowest BCUT2D eigenvalue weighted by atomic mass is 10.0. The van der Waals surface area contributed by atoms with Crippen LogP contribution in [0.3, 0.4) is 0 Å². The number of hydrogen-bond acceptors (Lipinski definition) is 6. The van der Waals surface area contributed by atoms with Gasteiger partial charge in [-0.15, -0.1) is 0 Å². The van der Waals surface area contributed by atoms with Gasteiger partial charge < -0.3 is 14.2 Å². The van der Waals surface area contributed by atoms with Crippen molar-refractivity contribution in [2.45, 2.75) is 52.3 Å². The van der Waals surface area contributed by atoms with E-state index in [-0.39, 0.29) is 18.6 Å². The summed E-state index contributed by atoms with van der Waals surface area (Å²) in [5, 5.41) is 8.48. The van der Waals surface area contributed by atoms with E-state index in [0.717, 1.165) is 31.6 Å². The van der Waals surface area contributed by atoms with Crippen molar-refractivity contribution in [1.82, 2.24) is 24.8 Å². The fourth-order valence-corrected chi connectivity index (χ4v) is 3.48. The van der Waals surface area contributed by atoms with Crippen LogP contribution in [0.25, 0.3) is 0 Å². The molecule has 8 nitrogen and oxygen atoms in total. The number of piperidine rings is 1. The van der Waals surface area contributed by atoms with E-state index in [1.54, 1.807) is 15.6 Å². The van der Waals surface area contributed by atoms with Gasteiger partial charge in [-0.25, -0.2) is 0 Å². The Bertz CT molecular complexity index is 963. The fraction of sp³-hybridized carbons (Fsp3) is 0.429. The normalized spacial score (nSPS) is 16.8. The van der Waals surface area contributed by atoms with Crippen LogP contribution in [0.4, 0.5) is 0 Å². The Balaban J connectivity index is 1.45. The minimum atomic E-state index is -0.208. The second-order valence-electron chi connectivity index (χ2n) is 7.21. The zero-order valence-electron chi connectivity index (χ0n) is 16.7. The molecular weight excluding hydrogens is 370 g/mol. The summed E-state index contributed by atoms with van der Waals surface area (Å²) >= 11 is 0. The predicted octanol–water partition coefficient (Wildman–Crippen LogP) is 3.54. The number of nitrogens with zero attached hydrogens (tertiary/aromatic N) is 5. The van der Waals surface area contributed by atoms with Gasteiger partial charge in [0.1, 0.15) is 11.4 Å². The third-order valence-corrected chi connectivity index (χ3v) is 5.11. The number of aryl methyl sites for hydroxylation is 2. The van der Waals surface area contributed by atoms with Crippen LogP contribution in [0.2, 0.25) is 0 Å². The molecule has 0 aliphatic carbocycles. The smallest absolute Gasteiger partial charge is 0.274 e. The fourth-order valence-electron chi connectivity index (χ4n) is 3.48. The van der Waals surface area contributed by atoms with Crippen LogP contribution < -0.4 is 4.74 Å². The number of carbonyl (C=O) groups is 1.